The second kappa shape index (κ2) is 6.29. The Hall–Kier alpha value is -1.52. The van der Waals surface area contributed by atoms with Gasteiger partial charge in [-0.05, 0) is 19.4 Å². The third-order valence-corrected chi connectivity index (χ3v) is 3.87. The van der Waals surface area contributed by atoms with Crippen molar-refractivity contribution in [1.82, 2.24) is 9.78 Å². The Morgan fingerprint density at radius 3 is 2.65 bits per heavy atom. The van der Waals surface area contributed by atoms with Crippen molar-refractivity contribution in [2.45, 2.75) is 39.3 Å². The van der Waals surface area contributed by atoms with E-state index >= 15 is 0 Å². The highest BCUT2D eigenvalue weighted by atomic mass is 35.5. The Morgan fingerprint density at radius 2 is 2.05 bits per heavy atom. The highest BCUT2D eigenvalue weighted by molar-refractivity contribution is 6.31. The molecular weight excluding hydrogens is 274 g/mol. The van der Waals surface area contributed by atoms with Crippen LogP contribution in [-0.4, -0.2) is 14.9 Å². The molecule has 1 aromatic carbocycles. The van der Waals surface area contributed by atoms with Gasteiger partial charge in [-0.3, -0.25) is 4.68 Å². The van der Waals surface area contributed by atoms with Crippen molar-refractivity contribution in [2.75, 3.05) is 5.73 Å². The Bertz CT molecular complexity index is 595. The molecule has 5 heteroatoms. The number of aliphatic hydroxyl groups is 1. The first-order valence-corrected chi connectivity index (χ1v) is 7.22. The third kappa shape index (κ3) is 2.81. The normalized spacial score (nSPS) is 12.6. The van der Waals surface area contributed by atoms with Gasteiger partial charge >= 0.3 is 0 Å². The number of nitrogen functional groups attached to an aromatic ring is 1. The van der Waals surface area contributed by atoms with Gasteiger partial charge in [0.25, 0.3) is 0 Å². The lowest BCUT2D eigenvalue weighted by Crippen LogP contribution is -2.10. The molecule has 1 aromatic heterocycles. The van der Waals surface area contributed by atoms with E-state index in [0.29, 0.717) is 17.1 Å². The first kappa shape index (κ1) is 14.9. The summed E-state index contributed by atoms with van der Waals surface area (Å²) in [6.07, 6.45) is 0.511. The van der Waals surface area contributed by atoms with Crippen LogP contribution in [0.2, 0.25) is 5.02 Å². The second-order valence-corrected chi connectivity index (χ2v) is 5.10. The molecule has 0 aliphatic heterocycles. The van der Waals surface area contributed by atoms with Crippen molar-refractivity contribution in [2.24, 2.45) is 0 Å². The van der Waals surface area contributed by atoms with E-state index in [1.54, 1.807) is 6.07 Å². The Morgan fingerprint density at radius 1 is 1.35 bits per heavy atom. The summed E-state index contributed by atoms with van der Waals surface area (Å²) >= 11 is 6.35. The van der Waals surface area contributed by atoms with E-state index in [9.17, 15) is 5.11 Å². The number of hydrogen-bond donors (Lipinski definition) is 2. The van der Waals surface area contributed by atoms with Crippen LogP contribution in [0.5, 0.6) is 0 Å². The summed E-state index contributed by atoms with van der Waals surface area (Å²) in [6.45, 7) is 4.76. The summed E-state index contributed by atoms with van der Waals surface area (Å²) in [7, 11) is 0. The second-order valence-electron chi connectivity index (χ2n) is 4.73. The van der Waals surface area contributed by atoms with Crippen LogP contribution in [0.15, 0.2) is 24.3 Å². The van der Waals surface area contributed by atoms with Crippen molar-refractivity contribution in [1.29, 1.82) is 0 Å². The molecule has 1 unspecified atom stereocenters. The molecular formula is C15H20ClN3O. The first-order valence-electron chi connectivity index (χ1n) is 6.84. The zero-order valence-corrected chi connectivity index (χ0v) is 12.6. The summed E-state index contributed by atoms with van der Waals surface area (Å²) in [5.41, 5.74) is 8.95. The minimum atomic E-state index is -0.680. The van der Waals surface area contributed by atoms with Crippen LogP contribution in [0.25, 0.3) is 0 Å². The number of aromatic nitrogens is 2. The van der Waals surface area contributed by atoms with Gasteiger partial charge < -0.3 is 10.8 Å². The maximum atomic E-state index is 10.4. The van der Waals surface area contributed by atoms with Crippen LogP contribution < -0.4 is 5.73 Å². The average molecular weight is 294 g/mol. The van der Waals surface area contributed by atoms with Gasteiger partial charge in [-0.1, -0.05) is 36.7 Å². The molecule has 0 fully saturated rings. The van der Waals surface area contributed by atoms with Crippen molar-refractivity contribution in [3.8, 4) is 0 Å². The zero-order chi connectivity index (χ0) is 14.7. The molecule has 0 aliphatic rings. The predicted molar refractivity (Wildman–Crippen MR) is 81.8 cm³/mol. The maximum absolute atomic E-state index is 10.4. The number of anilines is 1. The van der Waals surface area contributed by atoms with Crippen molar-refractivity contribution in [3.63, 3.8) is 0 Å². The summed E-state index contributed by atoms with van der Waals surface area (Å²) < 4.78 is 1.85. The minimum absolute atomic E-state index is 0.411. The van der Waals surface area contributed by atoms with Gasteiger partial charge in [-0.15, -0.1) is 0 Å². The fraction of sp³-hybridized carbons (Fsp3) is 0.400. The van der Waals surface area contributed by atoms with Crippen LogP contribution in [0.3, 0.4) is 0 Å². The van der Waals surface area contributed by atoms with E-state index in [0.717, 1.165) is 29.9 Å². The number of halogens is 1. The molecule has 20 heavy (non-hydrogen) atoms. The fourth-order valence-electron chi connectivity index (χ4n) is 2.32. The van der Waals surface area contributed by atoms with Gasteiger partial charge in [-0.2, -0.15) is 5.10 Å². The minimum Gasteiger partial charge on any atom is -0.398 e. The smallest absolute Gasteiger partial charge is 0.0865 e. The third-order valence-electron chi connectivity index (χ3n) is 3.44. The summed E-state index contributed by atoms with van der Waals surface area (Å²) in [4.78, 5) is 0. The van der Waals surface area contributed by atoms with E-state index in [2.05, 4.69) is 5.10 Å². The van der Waals surface area contributed by atoms with Crippen LogP contribution in [0.4, 0.5) is 5.69 Å². The molecule has 0 radical (unpaired) electrons. The highest BCUT2D eigenvalue weighted by Gasteiger charge is 2.19. The van der Waals surface area contributed by atoms with Crippen LogP contribution in [-0.2, 0) is 19.4 Å². The Balaban J connectivity index is 2.30. The number of hydrogen-bond acceptors (Lipinski definition) is 3. The van der Waals surface area contributed by atoms with E-state index in [1.165, 1.54) is 0 Å². The van der Waals surface area contributed by atoms with Crippen LogP contribution in [0.1, 0.15) is 36.9 Å². The summed E-state index contributed by atoms with van der Waals surface area (Å²) in [5.74, 6) is 0. The Labute approximate surface area is 124 Å². The van der Waals surface area contributed by atoms with Crippen LogP contribution >= 0.6 is 11.6 Å². The molecule has 0 saturated carbocycles. The van der Waals surface area contributed by atoms with Crippen molar-refractivity contribution in [3.05, 3.63) is 46.2 Å². The van der Waals surface area contributed by atoms with E-state index < -0.39 is 6.10 Å². The zero-order valence-electron chi connectivity index (χ0n) is 11.8. The molecule has 1 atom stereocenters. The Kier molecular flexibility index (Phi) is 4.68. The fourth-order valence-corrected chi connectivity index (χ4v) is 2.67. The number of aliphatic hydroxyl groups excluding tert-OH is 1. The number of para-hydroxylation sites is 1. The van der Waals surface area contributed by atoms with Gasteiger partial charge in [0.1, 0.15) is 0 Å². The standard InChI is InChI=1S/C15H20ClN3O/c1-3-12-15(16)13(19(4-2)18-12)9-14(20)10-7-5-6-8-11(10)17/h5-8,14,20H,3-4,9,17H2,1-2H3. The summed E-state index contributed by atoms with van der Waals surface area (Å²) in [6, 6.07) is 7.34. The molecule has 0 saturated heterocycles. The SMILES string of the molecule is CCc1nn(CC)c(CC(O)c2ccccc2N)c1Cl. The molecule has 0 bridgehead atoms. The molecule has 1 heterocycles. The number of benzene rings is 1. The lowest BCUT2D eigenvalue weighted by Gasteiger charge is -2.14. The van der Waals surface area contributed by atoms with Gasteiger partial charge in [0, 0.05) is 24.2 Å². The van der Waals surface area contributed by atoms with Gasteiger partial charge in [0.2, 0.25) is 0 Å². The van der Waals surface area contributed by atoms with Crippen molar-refractivity contribution < 1.29 is 5.11 Å². The maximum Gasteiger partial charge on any atom is 0.0865 e. The monoisotopic (exact) mass is 293 g/mol. The lowest BCUT2D eigenvalue weighted by molar-refractivity contribution is 0.176. The molecule has 2 aromatic rings. The molecule has 2 rings (SSSR count). The van der Waals surface area contributed by atoms with E-state index in [-0.39, 0.29) is 0 Å². The highest BCUT2D eigenvalue weighted by Crippen LogP contribution is 2.28. The van der Waals surface area contributed by atoms with Gasteiger partial charge in [0.05, 0.1) is 22.5 Å². The van der Waals surface area contributed by atoms with E-state index in [4.69, 9.17) is 17.3 Å². The van der Waals surface area contributed by atoms with Gasteiger partial charge in [0.15, 0.2) is 0 Å². The topological polar surface area (TPSA) is 64.1 Å². The van der Waals surface area contributed by atoms with Crippen molar-refractivity contribution >= 4 is 17.3 Å². The molecule has 0 spiro atoms. The molecule has 108 valence electrons. The number of aryl methyl sites for hydroxylation is 2. The lowest BCUT2D eigenvalue weighted by atomic mass is 10.0. The van der Waals surface area contributed by atoms with Gasteiger partial charge in [-0.25, -0.2) is 0 Å². The predicted octanol–water partition coefficient (Wildman–Crippen LogP) is 2.98. The van der Waals surface area contributed by atoms with E-state index in [1.807, 2.05) is 36.7 Å². The quantitative estimate of drug-likeness (QED) is 0.833. The molecule has 0 amide bonds. The average Bonchev–Trinajstić information content (AvgIpc) is 2.75. The molecule has 3 N–H and O–H groups in total. The van der Waals surface area contributed by atoms with Crippen LogP contribution in [0, 0.1) is 0 Å². The first-order chi connectivity index (χ1) is 9.58. The molecule has 4 nitrogen and oxygen atoms in total. The summed E-state index contributed by atoms with van der Waals surface area (Å²) in [5, 5.41) is 15.5. The molecule has 0 aliphatic carbocycles. The number of rotatable bonds is 5. The number of nitrogens with two attached hydrogens (primary N) is 1. The largest absolute Gasteiger partial charge is 0.398 e. The number of nitrogens with zero attached hydrogens (tertiary/aromatic N) is 2.